The molecule has 0 bridgehead atoms. The van der Waals surface area contributed by atoms with Gasteiger partial charge < -0.3 is 19.1 Å². The quantitative estimate of drug-likeness (QED) is 0.293. The van der Waals surface area contributed by atoms with Crippen LogP contribution in [-0.2, 0) is 11.3 Å². The predicted octanol–water partition coefficient (Wildman–Crippen LogP) is 6.37. The monoisotopic (exact) mass is 540 g/mol. The molecule has 0 saturated carbocycles. The summed E-state index contributed by atoms with van der Waals surface area (Å²) in [5, 5.41) is 0.195. The Morgan fingerprint density at radius 2 is 1.92 bits per heavy atom. The van der Waals surface area contributed by atoms with E-state index in [-0.39, 0.29) is 23.6 Å². The van der Waals surface area contributed by atoms with Crippen LogP contribution in [0.2, 0.25) is 0 Å². The molecule has 0 radical (unpaired) electrons. The molecule has 0 spiro atoms. The molecular formula is C29H37FN4O5. The van der Waals surface area contributed by atoms with Crippen molar-refractivity contribution in [3.8, 4) is 11.5 Å². The van der Waals surface area contributed by atoms with E-state index in [2.05, 4.69) is 11.9 Å². The van der Waals surface area contributed by atoms with Crippen LogP contribution in [0, 0.1) is 5.82 Å². The van der Waals surface area contributed by atoms with Gasteiger partial charge in [0.15, 0.2) is 23.0 Å². The Labute approximate surface area is 228 Å². The fourth-order valence-electron chi connectivity index (χ4n) is 4.61. The van der Waals surface area contributed by atoms with Crippen LogP contribution in [0.5, 0.6) is 11.5 Å². The number of carbonyl (C=O) groups excluding carboxylic acids is 2. The zero-order chi connectivity index (χ0) is 28.2. The fraction of sp³-hybridized carbons (Fsp3) is 0.483. The van der Waals surface area contributed by atoms with E-state index < -0.39 is 17.5 Å². The number of halogens is 1. The summed E-state index contributed by atoms with van der Waals surface area (Å²) in [5.74, 6) is 0.610. The van der Waals surface area contributed by atoms with Gasteiger partial charge in [-0.2, -0.15) is 0 Å². The number of hydrogen-bond donors (Lipinski definition) is 0. The number of fused-ring (bicyclic) bond motifs is 1. The van der Waals surface area contributed by atoms with Gasteiger partial charge >= 0.3 is 12.1 Å². The average Bonchev–Trinajstić information content (AvgIpc) is 3.24. The summed E-state index contributed by atoms with van der Waals surface area (Å²) in [4.78, 5) is 33.8. The molecule has 10 heteroatoms. The second kappa shape index (κ2) is 11.9. The lowest BCUT2D eigenvalue weighted by Gasteiger charge is -2.36. The molecule has 2 aromatic heterocycles. The van der Waals surface area contributed by atoms with E-state index in [4.69, 9.17) is 14.2 Å². The molecule has 0 atom stereocenters. The minimum absolute atomic E-state index is 0.153. The summed E-state index contributed by atoms with van der Waals surface area (Å²) >= 11 is 0. The van der Waals surface area contributed by atoms with Gasteiger partial charge in [-0.15, -0.1) is 0 Å². The molecule has 0 N–H and O–H groups in total. The lowest BCUT2D eigenvalue weighted by Crippen LogP contribution is -2.49. The summed E-state index contributed by atoms with van der Waals surface area (Å²) in [6.07, 6.45) is 5.72. The number of unbranched alkanes of at least 4 members (excludes halogenated alkanes) is 2. The highest BCUT2D eigenvalue weighted by Gasteiger charge is 2.29. The number of benzene rings is 1. The number of carbonyl (C=O) groups is 2. The maximum atomic E-state index is 15.1. The summed E-state index contributed by atoms with van der Waals surface area (Å²) in [5.41, 5.74) is 0.677. The number of methoxy groups -OCH3 is 1. The first kappa shape index (κ1) is 28.2. The van der Waals surface area contributed by atoms with Crippen LogP contribution in [0.3, 0.4) is 0 Å². The van der Waals surface area contributed by atoms with E-state index in [0.717, 1.165) is 36.4 Å². The van der Waals surface area contributed by atoms with Crippen LogP contribution in [0.15, 0.2) is 36.7 Å². The summed E-state index contributed by atoms with van der Waals surface area (Å²) in [6, 6.07) is 6.95. The second-order valence-corrected chi connectivity index (χ2v) is 10.6. The zero-order valence-electron chi connectivity index (χ0n) is 23.3. The van der Waals surface area contributed by atoms with Gasteiger partial charge in [0.05, 0.1) is 25.3 Å². The first-order valence-electron chi connectivity index (χ1n) is 13.4. The molecule has 1 aliphatic rings. The molecular weight excluding hydrogens is 503 g/mol. The van der Waals surface area contributed by atoms with Gasteiger partial charge in [-0.05, 0) is 57.4 Å². The van der Waals surface area contributed by atoms with Crippen molar-refractivity contribution in [1.82, 2.24) is 14.5 Å². The number of pyridine rings is 1. The van der Waals surface area contributed by atoms with Crippen molar-refractivity contribution < 1.29 is 28.2 Å². The SMILES string of the molecule is CCCCCOc1cc(N2CCCN(Cc3ccnc4c3c(F)cn4C(=O)OC(C)(C)C)C2=O)ccc1OC. The van der Waals surface area contributed by atoms with Crippen molar-refractivity contribution in [3.63, 3.8) is 0 Å². The number of anilines is 1. The Kier molecular flexibility index (Phi) is 8.62. The molecule has 39 heavy (non-hydrogen) atoms. The lowest BCUT2D eigenvalue weighted by atomic mass is 10.1. The first-order chi connectivity index (χ1) is 18.6. The second-order valence-electron chi connectivity index (χ2n) is 10.6. The summed E-state index contributed by atoms with van der Waals surface area (Å²) < 4.78 is 33.0. The summed E-state index contributed by atoms with van der Waals surface area (Å²) in [7, 11) is 1.59. The van der Waals surface area contributed by atoms with Crippen LogP contribution in [-0.4, -0.2) is 59.0 Å². The van der Waals surface area contributed by atoms with Gasteiger partial charge in [0, 0.05) is 37.6 Å². The highest BCUT2D eigenvalue weighted by atomic mass is 19.1. The van der Waals surface area contributed by atoms with Crippen molar-refractivity contribution in [1.29, 1.82) is 0 Å². The van der Waals surface area contributed by atoms with Gasteiger partial charge in [0.25, 0.3) is 0 Å². The molecule has 1 aromatic carbocycles. The molecule has 1 fully saturated rings. The Morgan fingerprint density at radius 3 is 2.64 bits per heavy atom. The van der Waals surface area contributed by atoms with E-state index in [0.29, 0.717) is 42.4 Å². The number of amides is 2. The molecule has 2 amide bonds. The Balaban J connectivity index is 1.56. The Morgan fingerprint density at radius 1 is 1.13 bits per heavy atom. The van der Waals surface area contributed by atoms with Crippen molar-refractivity contribution in [2.75, 3.05) is 31.7 Å². The molecule has 4 rings (SSSR count). The van der Waals surface area contributed by atoms with E-state index >= 15 is 4.39 Å². The molecule has 3 heterocycles. The Hall–Kier alpha value is -3.82. The first-order valence-corrected chi connectivity index (χ1v) is 13.4. The largest absolute Gasteiger partial charge is 0.493 e. The van der Waals surface area contributed by atoms with Crippen molar-refractivity contribution in [2.45, 2.75) is 65.5 Å². The van der Waals surface area contributed by atoms with Gasteiger partial charge in [-0.25, -0.2) is 23.5 Å². The number of rotatable bonds is 9. The topological polar surface area (TPSA) is 86.1 Å². The molecule has 0 unspecified atom stereocenters. The van der Waals surface area contributed by atoms with Crippen molar-refractivity contribution >= 4 is 28.8 Å². The normalized spacial score (nSPS) is 14.2. The highest BCUT2D eigenvalue weighted by molar-refractivity contribution is 5.94. The van der Waals surface area contributed by atoms with Crippen molar-refractivity contribution in [3.05, 3.63) is 48.0 Å². The molecule has 1 aliphatic heterocycles. The van der Waals surface area contributed by atoms with Crippen molar-refractivity contribution in [2.24, 2.45) is 0 Å². The molecule has 9 nitrogen and oxygen atoms in total. The number of ether oxygens (including phenoxy) is 3. The van der Waals surface area contributed by atoms with Crippen LogP contribution in [0.25, 0.3) is 11.0 Å². The van der Waals surface area contributed by atoms with E-state index in [1.807, 2.05) is 12.1 Å². The number of aromatic nitrogens is 2. The van der Waals surface area contributed by atoms with E-state index in [1.165, 1.54) is 6.20 Å². The molecule has 3 aromatic rings. The minimum Gasteiger partial charge on any atom is -0.493 e. The van der Waals surface area contributed by atoms with Gasteiger partial charge in [0.1, 0.15) is 5.60 Å². The molecule has 210 valence electrons. The van der Waals surface area contributed by atoms with Gasteiger partial charge in [-0.1, -0.05) is 19.8 Å². The average molecular weight is 541 g/mol. The van der Waals surface area contributed by atoms with Crippen LogP contribution in [0.1, 0.15) is 58.9 Å². The van der Waals surface area contributed by atoms with Crippen LogP contribution >= 0.6 is 0 Å². The maximum Gasteiger partial charge on any atom is 0.420 e. The Bertz CT molecular complexity index is 1330. The highest BCUT2D eigenvalue weighted by Crippen LogP contribution is 2.34. The summed E-state index contributed by atoms with van der Waals surface area (Å²) in [6.45, 7) is 9.16. The van der Waals surface area contributed by atoms with Crippen LogP contribution in [0.4, 0.5) is 19.7 Å². The third-order valence-electron chi connectivity index (χ3n) is 6.45. The molecule has 0 aliphatic carbocycles. The predicted molar refractivity (Wildman–Crippen MR) is 147 cm³/mol. The standard InChI is InChI=1S/C29H37FN4O5/c1-6-7-8-16-38-24-17-21(10-11-23(24)37-5)33-15-9-14-32(27(33)35)18-20-12-13-31-26-25(20)22(30)19-34(26)28(36)39-29(2,3)4/h10-13,17,19H,6-9,14-16,18H2,1-5H3. The van der Waals surface area contributed by atoms with Gasteiger partial charge in [0.2, 0.25) is 0 Å². The smallest absolute Gasteiger partial charge is 0.420 e. The zero-order valence-corrected chi connectivity index (χ0v) is 23.3. The third kappa shape index (κ3) is 6.43. The fourth-order valence-corrected chi connectivity index (χ4v) is 4.61. The number of nitrogens with zero attached hydrogens (tertiary/aromatic N) is 4. The third-order valence-corrected chi connectivity index (χ3v) is 6.45. The van der Waals surface area contributed by atoms with E-state index in [9.17, 15) is 9.59 Å². The number of urea groups is 1. The maximum absolute atomic E-state index is 15.1. The van der Waals surface area contributed by atoms with E-state index in [1.54, 1.807) is 49.8 Å². The molecule has 1 saturated heterocycles. The number of hydrogen-bond acceptors (Lipinski definition) is 6. The van der Waals surface area contributed by atoms with Crippen LogP contribution < -0.4 is 14.4 Å². The lowest BCUT2D eigenvalue weighted by molar-refractivity contribution is 0.0542. The van der Waals surface area contributed by atoms with Gasteiger partial charge in [-0.3, -0.25) is 4.90 Å². The minimum atomic E-state index is -0.743.